The first kappa shape index (κ1) is 28.8. The van der Waals surface area contributed by atoms with Gasteiger partial charge in [0.2, 0.25) is 0 Å². The number of likely N-dealkylation sites (tertiary alicyclic amines) is 1. The molecule has 1 fully saturated rings. The highest BCUT2D eigenvalue weighted by atomic mass is 127. The average molecular weight is 572 g/mol. The van der Waals surface area contributed by atoms with Crippen LogP contribution in [0.2, 0.25) is 0 Å². The number of nitrogens with one attached hydrogen (secondary N) is 2. The highest BCUT2D eigenvalue weighted by molar-refractivity contribution is 14.0. The molecular formula is C22H36F3IN4O2. The molecule has 0 amide bonds. The molecule has 0 radical (unpaired) electrons. The molecule has 1 saturated heterocycles. The van der Waals surface area contributed by atoms with E-state index >= 15 is 0 Å². The molecule has 6 nitrogen and oxygen atoms in total. The summed E-state index contributed by atoms with van der Waals surface area (Å²) in [6, 6.07) is 7.77. The first-order valence-corrected chi connectivity index (χ1v) is 10.9. The minimum Gasteiger partial charge on any atom is -0.496 e. The van der Waals surface area contributed by atoms with Gasteiger partial charge in [-0.15, -0.1) is 24.0 Å². The van der Waals surface area contributed by atoms with Gasteiger partial charge >= 0.3 is 6.18 Å². The molecule has 2 rings (SSSR count). The second-order valence-corrected chi connectivity index (χ2v) is 7.68. The third-order valence-electron chi connectivity index (χ3n) is 5.25. The zero-order valence-corrected chi connectivity index (χ0v) is 21.2. The Labute approximate surface area is 206 Å². The number of benzene rings is 1. The van der Waals surface area contributed by atoms with Crippen LogP contribution in [-0.2, 0) is 11.3 Å². The number of nitrogens with zero attached hydrogens (tertiary/aromatic N) is 2. The lowest BCUT2D eigenvalue weighted by Gasteiger charge is -2.32. The van der Waals surface area contributed by atoms with Crippen LogP contribution in [0.4, 0.5) is 13.2 Å². The van der Waals surface area contributed by atoms with Crippen LogP contribution < -0.4 is 15.4 Å². The lowest BCUT2D eigenvalue weighted by molar-refractivity contribution is -0.148. The van der Waals surface area contributed by atoms with Crippen LogP contribution in [0.3, 0.4) is 0 Å². The quantitative estimate of drug-likeness (QED) is 0.182. The SMILES string of the molecule is CCNC(=NCCC1CCN(CC(F)(F)F)CC1)NCCOCc1ccccc1OC.I. The number of para-hydroxylation sites is 1. The van der Waals surface area contributed by atoms with Gasteiger partial charge in [-0.25, -0.2) is 0 Å². The smallest absolute Gasteiger partial charge is 0.401 e. The molecule has 0 aromatic heterocycles. The van der Waals surface area contributed by atoms with Gasteiger partial charge in [0.1, 0.15) is 5.75 Å². The topological polar surface area (TPSA) is 58.1 Å². The summed E-state index contributed by atoms with van der Waals surface area (Å²) in [5.41, 5.74) is 1.01. The van der Waals surface area contributed by atoms with Gasteiger partial charge < -0.3 is 20.1 Å². The monoisotopic (exact) mass is 572 g/mol. The third kappa shape index (κ3) is 11.6. The number of guanidine groups is 1. The maximum absolute atomic E-state index is 12.5. The number of piperidine rings is 1. The highest BCUT2D eigenvalue weighted by Gasteiger charge is 2.32. The fourth-order valence-corrected chi connectivity index (χ4v) is 3.63. The Hall–Kier alpha value is -1.27. The highest BCUT2D eigenvalue weighted by Crippen LogP contribution is 2.24. The predicted octanol–water partition coefficient (Wildman–Crippen LogP) is 4.05. The molecule has 1 aliphatic heterocycles. The molecule has 2 N–H and O–H groups in total. The molecule has 10 heteroatoms. The maximum atomic E-state index is 12.5. The Morgan fingerprint density at radius 3 is 2.56 bits per heavy atom. The number of rotatable bonds is 11. The number of hydrogen-bond acceptors (Lipinski definition) is 4. The van der Waals surface area contributed by atoms with Gasteiger partial charge in [-0.05, 0) is 51.3 Å². The summed E-state index contributed by atoms with van der Waals surface area (Å²) in [5, 5.41) is 6.47. The van der Waals surface area contributed by atoms with Crippen molar-refractivity contribution in [3.05, 3.63) is 29.8 Å². The van der Waals surface area contributed by atoms with Crippen molar-refractivity contribution in [1.29, 1.82) is 0 Å². The number of halogens is 4. The van der Waals surface area contributed by atoms with E-state index in [0.29, 0.717) is 45.3 Å². The summed E-state index contributed by atoms with van der Waals surface area (Å²) in [4.78, 5) is 6.09. The molecule has 0 bridgehead atoms. The third-order valence-corrected chi connectivity index (χ3v) is 5.25. The largest absolute Gasteiger partial charge is 0.496 e. The number of aliphatic imine (C=N–C) groups is 1. The molecule has 0 spiro atoms. The van der Waals surface area contributed by atoms with Crippen molar-refractivity contribution in [3.8, 4) is 5.75 Å². The number of methoxy groups -OCH3 is 1. The second-order valence-electron chi connectivity index (χ2n) is 7.68. The Kier molecular flexibility index (Phi) is 14.0. The van der Waals surface area contributed by atoms with Crippen molar-refractivity contribution in [2.75, 3.05) is 53.0 Å². The van der Waals surface area contributed by atoms with E-state index in [1.165, 1.54) is 4.90 Å². The van der Waals surface area contributed by atoms with Gasteiger partial charge in [-0.2, -0.15) is 13.2 Å². The van der Waals surface area contributed by atoms with Crippen molar-refractivity contribution in [1.82, 2.24) is 15.5 Å². The van der Waals surface area contributed by atoms with Gasteiger partial charge in [0.15, 0.2) is 5.96 Å². The lowest BCUT2D eigenvalue weighted by Crippen LogP contribution is -2.40. The Morgan fingerprint density at radius 2 is 1.91 bits per heavy atom. The molecule has 184 valence electrons. The van der Waals surface area contributed by atoms with Gasteiger partial charge in [-0.3, -0.25) is 9.89 Å². The zero-order chi connectivity index (χ0) is 22.5. The van der Waals surface area contributed by atoms with E-state index in [-0.39, 0.29) is 24.0 Å². The molecule has 0 atom stereocenters. The van der Waals surface area contributed by atoms with Crippen LogP contribution >= 0.6 is 24.0 Å². The van der Waals surface area contributed by atoms with E-state index in [2.05, 4.69) is 15.6 Å². The Bertz CT molecular complexity index is 669. The normalized spacial score (nSPS) is 15.8. The summed E-state index contributed by atoms with van der Waals surface area (Å²) < 4.78 is 48.5. The van der Waals surface area contributed by atoms with Crippen molar-refractivity contribution < 1.29 is 22.6 Å². The average Bonchev–Trinajstić information content (AvgIpc) is 2.74. The summed E-state index contributed by atoms with van der Waals surface area (Å²) in [6.07, 6.45) is -1.63. The molecule has 0 saturated carbocycles. The van der Waals surface area contributed by atoms with Crippen molar-refractivity contribution in [2.45, 2.75) is 39.0 Å². The van der Waals surface area contributed by atoms with E-state index < -0.39 is 12.7 Å². The van der Waals surface area contributed by atoms with Gasteiger partial charge in [-0.1, -0.05) is 18.2 Å². The molecule has 1 aliphatic rings. The fraction of sp³-hybridized carbons (Fsp3) is 0.682. The van der Waals surface area contributed by atoms with Crippen molar-refractivity contribution >= 4 is 29.9 Å². The first-order valence-electron chi connectivity index (χ1n) is 10.9. The summed E-state index contributed by atoms with van der Waals surface area (Å²) >= 11 is 0. The summed E-state index contributed by atoms with van der Waals surface area (Å²) in [6.45, 7) is 5.26. The summed E-state index contributed by atoms with van der Waals surface area (Å²) in [7, 11) is 1.64. The van der Waals surface area contributed by atoms with Crippen LogP contribution in [0, 0.1) is 5.92 Å². The van der Waals surface area contributed by atoms with Crippen LogP contribution in [0.15, 0.2) is 29.3 Å². The molecule has 32 heavy (non-hydrogen) atoms. The molecule has 0 aliphatic carbocycles. The van der Waals surface area contributed by atoms with Crippen LogP contribution in [-0.4, -0.2) is 70.0 Å². The Balaban J connectivity index is 0.00000512. The van der Waals surface area contributed by atoms with Gasteiger partial charge in [0.05, 0.1) is 26.9 Å². The fourth-order valence-electron chi connectivity index (χ4n) is 3.63. The molecule has 1 aromatic rings. The van der Waals surface area contributed by atoms with Gasteiger partial charge in [0.25, 0.3) is 0 Å². The molecular weight excluding hydrogens is 536 g/mol. The van der Waals surface area contributed by atoms with E-state index in [1.807, 2.05) is 31.2 Å². The van der Waals surface area contributed by atoms with E-state index in [1.54, 1.807) is 7.11 Å². The van der Waals surface area contributed by atoms with Crippen molar-refractivity contribution in [3.63, 3.8) is 0 Å². The standard InChI is InChI=1S/C22H35F3N4O2.HI/c1-3-26-21(28-12-15-31-16-19-6-4-5-7-20(19)30-2)27-11-8-18-9-13-29(14-10-18)17-22(23,24)25;/h4-7,18H,3,8-17H2,1-2H3,(H2,26,27,28);1H. The second kappa shape index (κ2) is 15.5. The summed E-state index contributed by atoms with van der Waals surface area (Å²) in [5.74, 6) is 1.98. The zero-order valence-electron chi connectivity index (χ0n) is 18.9. The lowest BCUT2D eigenvalue weighted by atomic mass is 9.93. The first-order chi connectivity index (χ1) is 14.9. The Morgan fingerprint density at radius 1 is 1.19 bits per heavy atom. The minimum absolute atomic E-state index is 0. The number of ether oxygens (including phenoxy) is 2. The minimum atomic E-state index is -4.11. The van der Waals surface area contributed by atoms with Crippen LogP contribution in [0.25, 0.3) is 0 Å². The van der Waals surface area contributed by atoms with E-state index in [9.17, 15) is 13.2 Å². The predicted molar refractivity (Wildman–Crippen MR) is 132 cm³/mol. The molecule has 1 heterocycles. The molecule has 0 unspecified atom stereocenters. The van der Waals surface area contributed by atoms with Crippen molar-refractivity contribution in [2.24, 2.45) is 10.9 Å². The number of hydrogen-bond donors (Lipinski definition) is 2. The maximum Gasteiger partial charge on any atom is 0.401 e. The van der Waals surface area contributed by atoms with Gasteiger partial charge in [0, 0.05) is 25.2 Å². The van der Waals surface area contributed by atoms with E-state index in [4.69, 9.17) is 9.47 Å². The molecule has 1 aromatic carbocycles. The van der Waals surface area contributed by atoms with Crippen LogP contribution in [0.1, 0.15) is 31.7 Å². The number of alkyl halides is 3. The van der Waals surface area contributed by atoms with E-state index in [0.717, 1.165) is 43.1 Å². The van der Waals surface area contributed by atoms with Crippen LogP contribution in [0.5, 0.6) is 5.75 Å².